The maximum atomic E-state index is 10.8. The Morgan fingerprint density at radius 2 is 2.25 bits per heavy atom. The van der Waals surface area contributed by atoms with Crippen molar-refractivity contribution in [2.45, 2.75) is 19.9 Å². The second-order valence-electron chi connectivity index (χ2n) is 2.19. The van der Waals surface area contributed by atoms with Gasteiger partial charge >= 0.3 is 5.97 Å². The maximum Gasteiger partial charge on any atom is 0.329 e. The van der Waals surface area contributed by atoms with Gasteiger partial charge in [-0.1, -0.05) is 0 Å². The molecular weight excluding hydrogens is 160 g/mol. The largest absolute Gasteiger partial charge is 0.449 e. The third-order valence-corrected chi connectivity index (χ3v) is 1.05. The van der Waals surface area contributed by atoms with E-state index >= 15 is 0 Å². The molecule has 0 radical (unpaired) electrons. The van der Waals surface area contributed by atoms with Crippen LogP contribution in [0, 0.1) is 11.3 Å². The fourth-order valence-corrected chi connectivity index (χ4v) is 0.592. The van der Waals surface area contributed by atoms with E-state index in [1.807, 2.05) is 0 Å². The minimum Gasteiger partial charge on any atom is -0.449 e. The SMILES string of the molecule is CC(=O)NC(C)C(=O)OCC#N. The Morgan fingerprint density at radius 3 is 2.67 bits per heavy atom. The van der Waals surface area contributed by atoms with Gasteiger partial charge in [0.15, 0.2) is 6.61 Å². The van der Waals surface area contributed by atoms with E-state index in [4.69, 9.17) is 5.26 Å². The van der Waals surface area contributed by atoms with Gasteiger partial charge in [0.25, 0.3) is 0 Å². The van der Waals surface area contributed by atoms with Gasteiger partial charge in [0.05, 0.1) is 0 Å². The lowest BCUT2D eigenvalue weighted by Gasteiger charge is -2.09. The van der Waals surface area contributed by atoms with E-state index in [0.717, 1.165) is 0 Å². The fraction of sp³-hybridized carbons (Fsp3) is 0.571. The van der Waals surface area contributed by atoms with Gasteiger partial charge in [-0.2, -0.15) is 5.26 Å². The van der Waals surface area contributed by atoms with Crippen molar-refractivity contribution in [1.82, 2.24) is 5.32 Å². The number of nitrogens with one attached hydrogen (secondary N) is 1. The van der Waals surface area contributed by atoms with Crippen LogP contribution in [0.3, 0.4) is 0 Å². The highest BCUT2D eigenvalue weighted by atomic mass is 16.5. The van der Waals surface area contributed by atoms with Crippen LogP contribution in [-0.4, -0.2) is 24.5 Å². The first-order valence-electron chi connectivity index (χ1n) is 3.38. The van der Waals surface area contributed by atoms with Crippen LogP contribution in [0.1, 0.15) is 13.8 Å². The third-order valence-electron chi connectivity index (χ3n) is 1.05. The highest BCUT2D eigenvalue weighted by Gasteiger charge is 2.14. The van der Waals surface area contributed by atoms with Crippen molar-refractivity contribution in [3.63, 3.8) is 0 Å². The van der Waals surface area contributed by atoms with Crippen molar-refractivity contribution >= 4 is 11.9 Å². The summed E-state index contributed by atoms with van der Waals surface area (Å²) in [5.41, 5.74) is 0. The highest BCUT2D eigenvalue weighted by Crippen LogP contribution is 1.86. The summed E-state index contributed by atoms with van der Waals surface area (Å²) in [6.45, 7) is 2.50. The molecule has 0 aliphatic rings. The van der Waals surface area contributed by atoms with Crippen LogP contribution < -0.4 is 5.32 Å². The minimum absolute atomic E-state index is 0.289. The van der Waals surface area contributed by atoms with Crippen LogP contribution in [0.15, 0.2) is 0 Å². The van der Waals surface area contributed by atoms with Crippen LogP contribution in [0.2, 0.25) is 0 Å². The average molecular weight is 170 g/mol. The van der Waals surface area contributed by atoms with Gasteiger partial charge < -0.3 is 10.1 Å². The number of hydrogen-bond acceptors (Lipinski definition) is 4. The molecule has 0 aliphatic carbocycles. The first kappa shape index (κ1) is 10.4. The lowest BCUT2D eigenvalue weighted by molar-refractivity contribution is -0.145. The Kier molecular flexibility index (Phi) is 4.46. The first-order chi connectivity index (χ1) is 5.57. The highest BCUT2D eigenvalue weighted by molar-refractivity contribution is 5.82. The van der Waals surface area contributed by atoms with Gasteiger partial charge in [-0.3, -0.25) is 4.79 Å². The molecule has 0 aromatic rings. The summed E-state index contributed by atoms with van der Waals surface area (Å²) < 4.78 is 4.44. The van der Waals surface area contributed by atoms with Crippen LogP contribution >= 0.6 is 0 Å². The molecule has 0 rings (SSSR count). The molecule has 0 saturated heterocycles. The topological polar surface area (TPSA) is 79.2 Å². The Bertz CT molecular complexity index is 219. The maximum absolute atomic E-state index is 10.8. The van der Waals surface area contributed by atoms with E-state index in [1.165, 1.54) is 13.8 Å². The van der Waals surface area contributed by atoms with Crippen molar-refractivity contribution < 1.29 is 14.3 Å². The number of nitriles is 1. The van der Waals surface area contributed by atoms with Gasteiger partial charge in [-0.05, 0) is 6.92 Å². The number of hydrogen-bond donors (Lipinski definition) is 1. The van der Waals surface area contributed by atoms with Crippen molar-refractivity contribution in [2.24, 2.45) is 0 Å². The molecule has 1 N–H and O–H groups in total. The second kappa shape index (κ2) is 5.13. The number of nitrogens with zero attached hydrogens (tertiary/aromatic N) is 1. The third kappa shape index (κ3) is 4.28. The molecule has 0 aromatic heterocycles. The number of esters is 1. The fourth-order valence-electron chi connectivity index (χ4n) is 0.592. The molecule has 0 aliphatic heterocycles. The summed E-state index contributed by atoms with van der Waals surface area (Å²) in [5.74, 6) is -0.914. The number of carbonyl (C=O) groups is 2. The van der Waals surface area contributed by atoms with E-state index in [0.29, 0.717) is 0 Å². The normalized spacial score (nSPS) is 11.1. The molecule has 66 valence electrons. The van der Waals surface area contributed by atoms with Gasteiger partial charge in [0, 0.05) is 6.92 Å². The Labute approximate surface area is 70.3 Å². The van der Waals surface area contributed by atoms with Crippen LogP contribution in [0.5, 0.6) is 0 Å². The van der Waals surface area contributed by atoms with Crippen LogP contribution in [0.4, 0.5) is 0 Å². The lowest BCUT2D eigenvalue weighted by atomic mass is 10.3. The van der Waals surface area contributed by atoms with E-state index in [2.05, 4.69) is 10.1 Å². The average Bonchev–Trinajstić information content (AvgIpc) is 1.98. The summed E-state index contributed by atoms with van der Waals surface area (Å²) in [7, 11) is 0. The zero-order valence-corrected chi connectivity index (χ0v) is 6.96. The van der Waals surface area contributed by atoms with E-state index < -0.39 is 12.0 Å². The molecule has 12 heavy (non-hydrogen) atoms. The number of ether oxygens (including phenoxy) is 1. The summed E-state index contributed by atoms with van der Waals surface area (Å²) in [6, 6.07) is 0.953. The summed E-state index contributed by atoms with van der Waals surface area (Å²) >= 11 is 0. The molecule has 0 aromatic carbocycles. The van der Waals surface area contributed by atoms with Crippen LogP contribution in [0.25, 0.3) is 0 Å². The molecule has 1 amide bonds. The minimum atomic E-state index is -0.698. The van der Waals surface area contributed by atoms with Gasteiger partial charge in [-0.25, -0.2) is 4.79 Å². The smallest absolute Gasteiger partial charge is 0.329 e. The molecule has 5 nitrogen and oxygen atoms in total. The van der Waals surface area contributed by atoms with Crippen LogP contribution in [-0.2, 0) is 14.3 Å². The lowest BCUT2D eigenvalue weighted by Crippen LogP contribution is -2.38. The van der Waals surface area contributed by atoms with E-state index in [9.17, 15) is 9.59 Å². The van der Waals surface area contributed by atoms with Gasteiger partial charge in [-0.15, -0.1) is 0 Å². The number of amides is 1. The number of rotatable bonds is 3. The van der Waals surface area contributed by atoms with Crippen molar-refractivity contribution in [2.75, 3.05) is 6.61 Å². The van der Waals surface area contributed by atoms with Crippen molar-refractivity contribution in [1.29, 1.82) is 5.26 Å². The molecule has 0 fully saturated rings. The molecule has 1 unspecified atom stereocenters. The zero-order chi connectivity index (χ0) is 9.56. The Morgan fingerprint density at radius 1 is 1.67 bits per heavy atom. The van der Waals surface area contributed by atoms with Gasteiger partial charge in [0.2, 0.25) is 5.91 Å². The predicted molar refractivity (Wildman–Crippen MR) is 39.9 cm³/mol. The summed E-state index contributed by atoms with van der Waals surface area (Å²) in [5, 5.41) is 10.4. The zero-order valence-electron chi connectivity index (χ0n) is 6.96. The molecule has 1 atom stereocenters. The van der Waals surface area contributed by atoms with Crippen molar-refractivity contribution in [3.8, 4) is 6.07 Å². The quantitative estimate of drug-likeness (QED) is 0.583. The molecule has 0 bridgehead atoms. The molecular formula is C7H10N2O3. The molecule has 5 heteroatoms. The summed E-state index contributed by atoms with van der Waals surface area (Å²) in [6.07, 6.45) is 0. The Balaban J connectivity index is 3.78. The number of carbonyl (C=O) groups excluding carboxylic acids is 2. The van der Waals surface area contributed by atoms with E-state index in [1.54, 1.807) is 6.07 Å². The molecule has 0 spiro atoms. The standard InChI is InChI=1S/C7H10N2O3/c1-5(9-6(2)10)7(11)12-4-3-8/h5H,4H2,1-2H3,(H,9,10). The van der Waals surface area contributed by atoms with E-state index in [-0.39, 0.29) is 12.5 Å². The predicted octanol–water partition coefficient (Wildman–Crippen LogP) is -0.422. The molecule has 0 heterocycles. The Hall–Kier alpha value is -1.57. The first-order valence-corrected chi connectivity index (χ1v) is 3.38. The summed E-state index contributed by atoms with van der Waals surface area (Å²) in [4.78, 5) is 21.3. The van der Waals surface area contributed by atoms with Crippen molar-refractivity contribution in [3.05, 3.63) is 0 Å². The van der Waals surface area contributed by atoms with Gasteiger partial charge in [0.1, 0.15) is 12.1 Å². The molecule has 0 saturated carbocycles. The monoisotopic (exact) mass is 170 g/mol. The second-order valence-corrected chi connectivity index (χ2v) is 2.19.